The minimum Gasteiger partial charge on any atom is -0.367 e. The second kappa shape index (κ2) is 10.9. The number of aromatic nitrogens is 2. The predicted molar refractivity (Wildman–Crippen MR) is 114 cm³/mol. The molecule has 0 fully saturated rings. The van der Waals surface area contributed by atoms with E-state index in [4.69, 9.17) is 0 Å². The molecule has 0 bridgehead atoms. The van der Waals surface area contributed by atoms with Gasteiger partial charge in [-0.1, -0.05) is 31.6 Å². The van der Waals surface area contributed by atoms with Crippen LogP contribution in [0.3, 0.4) is 0 Å². The molecular weight excluding hydrogens is 340 g/mol. The van der Waals surface area contributed by atoms with Crippen molar-refractivity contribution >= 4 is 18.4 Å². The molecular formula is C21H30N4S. The van der Waals surface area contributed by atoms with E-state index in [9.17, 15) is 0 Å². The summed E-state index contributed by atoms with van der Waals surface area (Å²) in [6.45, 7) is 8.41. The zero-order chi connectivity index (χ0) is 18.8. The Morgan fingerprint density at radius 1 is 1.38 bits per heavy atom. The van der Waals surface area contributed by atoms with E-state index in [0.717, 1.165) is 54.9 Å². The number of hydrogen-bond acceptors (Lipinski definition) is 5. The lowest BCUT2D eigenvalue weighted by molar-refractivity contribution is 0.623. The number of nitrogens with zero attached hydrogens (tertiary/aromatic N) is 3. The molecule has 0 unspecified atom stereocenters. The van der Waals surface area contributed by atoms with Gasteiger partial charge in [0.1, 0.15) is 12.1 Å². The molecule has 1 aliphatic rings. The first-order chi connectivity index (χ1) is 12.6. The van der Waals surface area contributed by atoms with Gasteiger partial charge in [-0.15, -0.1) is 0 Å². The number of anilines is 1. The van der Waals surface area contributed by atoms with Gasteiger partial charge < -0.3 is 10.2 Å². The summed E-state index contributed by atoms with van der Waals surface area (Å²) in [4.78, 5) is 10.8. The molecule has 1 aromatic rings. The van der Waals surface area contributed by atoms with E-state index < -0.39 is 0 Å². The van der Waals surface area contributed by atoms with E-state index in [2.05, 4.69) is 59.4 Å². The molecule has 0 amide bonds. The van der Waals surface area contributed by atoms with Crippen LogP contribution in [0, 0.1) is 0 Å². The smallest absolute Gasteiger partial charge is 0.132 e. The molecule has 5 heteroatoms. The molecule has 2 rings (SSSR count). The molecule has 0 radical (unpaired) electrons. The van der Waals surface area contributed by atoms with Gasteiger partial charge in [-0.3, -0.25) is 0 Å². The average Bonchev–Trinajstić information content (AvgIpc) is 2.63. The second-order valence-corrected chi connectivity index (χ2v) is 7.06. The van der Waals surface area contributed by atoms with Crippen molar-refractivity contribution in [2.24, 2.45) is 0 Å². The van der Waals surface area contributed by atoms with Crippen LogP contribution in [-0.2, 0) is 6.42 Å². The maximum atomic E-state index is 4.48. The van der Waals surface area contributed by atoms with E-state index in [-0.39, 0.29) is 0 Å². The minimum absolute atomic E-state index is 0.413. The Bertz CT molecular complexity index is 672. The van der Waals surface area contributed by atoms with Crippen LogP contribution in [0.5, 0.6) is 0 Å². The van der Waals surface area contributed by atoms with Crippen molar-refractivity contribution in [3.8, 4) is 0 Å². The monoisotopic (exact) mass is 370 g/mol. The third-order valence-electron chi connectivity index (χ3n) is 4.37. The average molecular weight is 371 g/mol. The SMILES string of the molecule is C=C1C=CC=CN1/C=C(\C)CCc1cncnc1N[C@@H](CCC)CCS. The molecule has 0 aromatic carbocycles. The van der Waals surface area contributed by atoms with Gasteiger partial charge in [0.05, 0.1) is 0 Å². The highest BCUT2D eigenvalue weighted by Crippen LogP contribution is 2.20. The molecule has 0 saturated carbocycles. The third-order valence-corrected chi connectivity index (χ3v) is 4.63. The van der Waals surface area contributed by atoms with Gasteiger partial charge in [0, 0.05) is 35.9 Å². The van der Waals surface area contributed by atoms with Crippen LogP contribution >= 0.6 is 12.6 Å². The van der Waals surface area contributed by atoms with Gasteiger partial charge in [0.25, 0.3) is 0 Å². The summed E-state index contributed by atoms with van der Waals surface area (Å²) in [6.07, 6.45) is 18.9. The minimum atomic E-state index is 0.413. The van der Waals surface area contributed by atoms with E-state index in [0.29, 0.717) is 6.04 Å². The van der Waals surface area contributed by atoms with E-state index in [1.54, 1.807) is 6.33 Å². The topological polar surface area (TPSA) is 41.1 Å². The zero-order valence-electron chi connectivity index (χ0n) is 15.9. The molecule has 1 atom stereocenters. The van der Waals surface area contributed by atoms with Gasteiger partial charge in [-0.05, 0) is 50.5 Å². The van der Waals surface area contributed by atoms with Crippen LogP contribution in [0.2, 0.25) is 0 Å². The van der Waals surface area contributed by atoms with E-state index >= 15 is 0 Å². The fraction of sp³-hybridized carbons (Fsp3) is 0.429. The molecule has 1 N–H and O–H groups in total. The molecule has 1 aliphatic heterocycles. The molecule has 140 valence electrons. The molecule has 0 saturated heterocycles. The molecule has 0 spiro atoms. The van der Waals surface area contributed by atoms with Crippen molar-refractivity contribution < 1.29 is 0 Å². The first-order valence-corrected chi connectivity index (χ1v) is 9.93. The van der Waals surface area contributed by atoms with Crippen LogP contribution in [0.15, 0.2) is 61.0 Å². The van der Waals surface area contributed by atoms with Gasteiger partial charge in [0.15, 0.2) is 0 Å². The zero-order valence-corrected chi connectivity index (χ0v) is 16.8. The summed E-state index contributed by atoms with van der Waals surface area (Å²) in [6, 6.07) is 0.413. The fourth-order valence-corrected chi connectivity index (χ4v) is 3.22. The van der Waals surface area contributed by atoms with E-state index in [1.165, 1.54) is 5.57 Å². The van der Waals surface area contributed by atoms with E-state index in [1.807, 2.05) is 30.6 Å². The van der Waals surface area contributed by atoms with Gasteiger partial charge in [-0.25, -0.2) is 9.97 Å². The van der Waals surface area contributed by atoms with Crippen molar-refractivity contribution in [1.29, 1.82) is 0 Å². The third kappa shape index (κ3) is 6.37. The first-order valence-electron chi connectivity index (χ1n) is 9.29. The van der Waals surface area contributed by atoms with Crippen LogP contribution in [0.25, 0.3) is 0 Å². The number of hydrogen-bond donors (Lipinski definition) is 2. The van der Waals surface area contributed by atoms with Crippen molar-refractivity contribution in [2.45, 2.75) is 52.0 Å². The van der Waals surface area contributed by atoms with Gasteiger partial charge in [0.2, 0.25) is 0 Å². The highest BCUT2D eigenvalue weighted by molar-refractivity contribution is 7.80. The largest absolute Gasteiger partial charge is 0.367 e. The Morgan fingerprint density at radius 2 is 2.23 bits per heavy atom. The standard InChI is InChI=1S/C21H30N4S/c1-4-7-20(11-13-26)24-21-19(14-22-16-23-21)10-9-17(2)15-25-12-6-5-8-18(25)3/h5-6,8,12,14-16,20,26H,3-4,7,9-11,13H2,1-2H3,(H,22,23,24)/b17-15+/t20-/m0/s1. The van der Waals surface area contributed by atoms with Crippen molar-refractivity contribution in [1.82, 2.24) is 14.9 Å². The number of thiol groups is 1. The first kappa shape index (κ1) is 20.3. The maximum absolute atomic E-state index is 4.48. The van der Waals surface area contributed by atoms with Crippen LogP contribution in [-0.4, -0.2) is 26.7 Å². The normalized spacial score (nSPS) is 15.4. The summed E-state index contributed by atoms with van der Waals surface area (Å²) < 4.78 is 0. The van der Waals surface area contributed by atoms with Crippen LogP contribution < -0.4 is 5.32 Å². The summed E-state index contributed by atoms with van der Waals surface area (Å²) in [5, 5.41) is 3.60. The number of nitrogens with one attached hydrogen (secondary N) is 1. The highest BCUT2D eigenvalue weighted by Gasteiger charge is 2.11. The van der Waals surface area contributed by atoms with Gasteiger partial charge >= 0.3 is 0 Å². The van der Waals surface area contributed by atoms with Crippen molar-refractivity contribution in [3.05, 3.63) is 66.6 Å². The Hall–Kier alpha value is -2.01. The summed E-state index contributed by atoms with van der Waals surface area (Å²) in [5.74, 6) is 1.83. The highest BCUT2D eigenvalue weighted by atomic mass is 32.1. The summed E-state index contributed by atoms with van der Waals surface area (Å²) in [7, 11) is 0. The Morgan fingerprint density at radius 3 is 2.96 bits per heavy atom. The van der Waals surface area contributed by atoms with Gasteiger partial charge in [-0.2, -0.15) is 12.6 Å². The molecule has 2 heterocycles. The summed E-state index contributed by atoms with van der Waals surface area (Å²) >= 11 is 4.38. The Kier molecular flexibility index (Phi) is 8.48. The van der Waals surface area contributed by atoms with Crippen LogP contribution in [0.4, 0.5) is 5.82 Å². The van der Waals surface area contributed by atoms with Crippen LogP contribution in [0.1, 0.15) is 45.1 Å². The second-order valence-electron chi connectivity index (χ2n) is 6.61. The predicted octanol–water partition coefficient (Wildman–Crippen LogP) is 5.11. The fourth-order valence-electron chi connectivity index (χ4n) is 2.91. The molecule has 1 aromatic heterocycles. The lowest BCUT2D eigenvalue weighted by Gasteiger charge is -2.20. The van der Waals surface area contributed by atoms with Crippen molar-refractivity contribution in [2.75, 3.05) is 11.1 Å². The Balaban J connectivity index is 2.00. The number of rotatable bonds is 10. The quantitative estimate of drug-likeness (QED) is 0.561. The lowest BCUT2D eigenvalue weighted by atomic mass is 10.1. The number of allylic oxidation sites excluding steroid dienone is 4. The number of aryl methyl sites for hydroxylation is 1. The molecule has 26 heavy (non-hydrogen) atoms. The maximum Gasteiger partial charge on any atom is 0.132 e. The molecule has 4 nitrogen and oxygen atoms in total. The summed E-state index contributed by atoms with van der Waals surface area (Å²) in [5.41, 5.74) is 3.43. The Labute approximate surface area is 163 Å². The lowest BCUT2D eigenvalue weighted by Crippen LogP contribution is -2.21. The van der Waals surface area contributed by atoms with Crippen molar-refractivity contribution in [3.63, 3.8) is 0 Å². The molecule has 0 aliphatic carbocycles.